The van der Waals surface area contributed by atoms with Gasteiger partial charge in [-0.3, -0.25) is 4.79 Å². The summed E-state index contributed by atoms with van der Waals surface area (Å²) in [7, 11) is 0. The van der Waals surface area contributed by atoms with Gasteiger partial charge in [0.05, 0.1) is 16.1 Å². The molecule has 0 saturated heterocycles. The normalized spacial score (nSPS) is 13.3. The fourth-order valence-electron chi connectivity index (χ4n) is 1.11. The van der Waals surface area contributed by atoms with Crippen molar-refractivity contribution in [1.29, 1.82) is 0 Å². The molecule has 1 unspecified atom stereocenters. The standard InChI is InChI=1S/C12H15BrFNO2/c1-7(16)12(2,3)15-11(17)8-4-5-10(14)9(13)6-8/h4-7,16H,1-3H3,(H,15,17). The van der Waals surface area contributed by atoms with E-state index in [0.29, 0.717) is 5.56 Å². The van der Waals surface area contributed by atoms with Crippen LogP contribution < -0.4 is 5.32 Å². The molecule has 1 amide bonds. The summed E-state index contributed by atoms with van der Waals surface area (Å²) >= 11 is 3.02. The molecule has 0 heterocycles. The first-order valence-electron chi connectivity index (χ1n) is 5.19. The van der Waals surface area contributed by atoms with E-state index in [9.17, 15) is 14.3 Å². The Kier molecular flexibility index (Phi) is 4.27. The molecule has 0 bridgehead atoms. The van der Waals surface area contributed by atoms with E-state index in [0.717, 1.165) is 0 Å². The summed E-state index contributed by atoms with van der Waals surface area (Å²) < 4.78 is 13.2. The number of hydrogen-bond acceptors (Lipinski definition) is 2. The van der Waals surface area contributed by atoms with Gasteiger partial charge in [-0.1, -0.05) is 0 Å². The third-order valence-corrected chi connectivity index (χ3v) is 3.27. The summed E-state index contributed by atoms with van der Waals surface area (Å²) in [5.41, 5.74) is -0.398. The van der Waals surface area contributed by atoms with E-state index in [1.165, 1.54) is 18.2 Å². The maximum Gasteiger partial charge on any atom is 0.251 e. The number of halogens is 2. The van der Waals surface area contributed by atoms with Crippen LogP contribution in [0, 0.1) is 5.82 Å². The number of nitrogens with one attached hydrogen (secondary N) is 1. The summed E-state index contributed by atoms with van der Waals surface area (Å²) in [6.45, 7) is 5.03. The van der Waals surface area contributed by atoms with Crippen LogP contribution in [0.25, 0.3) is 0 Å². The Balaban J connectivity index is 2.87. The second-order valence-corrected chi connectivity index (χ2v) is 5.34. The monoisotopic (exact) mass is 303 g/mol. The van der Waals surface area contributed by atoms with Crippen molar-refractivity contribution in [2.75, 3.05) is 0 Å². The molecule has 0 aliphatic carbocycles. The number of carbonyl (C=O) groups is 1. The lowest BCUT2D eigenvalue weighted by Crippen LogP contribution is -2.50. The molecule has 1 aromatic rings. The van der Waals surface area contributed by atoms with Crippen LogP contribution in [0.5, 0.6) is 0 Å². The van der Waals surface area contributed by atoms with Gasteiger partial charge in [0.1, 0.15) is 5.82 Å². The van der Waals surface area contributed by atoms with Crippen LogP contribution in [-0.2, 0) is 0 Å². The van der Waals surface area contributed by atoms with Crippen molar-refractivity contribution in [1.82, 2.24) is 5.32 Å². The molecular formula is C12H15BrFNO2. The quantitative estimate of drug-likeness (QED) is 0.901. The molecule has 5 heteroatoms. The van der Waals surface area contributed by atoms with Gasteiger partial charge in [0.15, 0.2) is 0 Å². The maximum atomic E-state index is 13.0. The molecule has 1 rings (SSSR count). The van der Waals surface area contributed by atoms with Gasteiger partial charge in [-0.2, -0.15) is 0 Å². The van der Waals surface area contributed by atoms with Crippen LogP contribution in [0.4, 0.5) is 4.39 Å². The number of carbonyl (C=O) groups excluding carboxylic acids is 1. The fraction of sp³-hybridized carbons (Fsp3) is 0.417. The summed E-state index contributed by atoms with van der Waals surface area (Å²) in [4.78, 5) is 11.9. The van der Waals surface area contributed by atoms with E-state index in [2.05, 4.69) is 21.2 Å². The van der Waals surface area contributed by atoms with Crippen molar-refractivity contribution in [3.05, 3.63) is 34.1 Å². The Bertz CT molecular complexity index is 433. The first kappa shape index (κ1) is 14.1. The van der Waals surface area contributed by atoms with Gasteiger partial charge in [-0.15, -0.1) is 0 Å². The van der Waals surface area contributed by atoms with Crippen molar-refractivity contribution in [2.45, 2.75) is 32.4 Å². The van der Waals surface area contributed by atoms with Crippen LogP contribution in [-0.4, -0.2) is 22.7 Å². The minimum atomic E-state index is -0.738. The van der Waals surface area contributed by atoms with Crippen molar-refractivity contribution < 1.29 is 14.3 Å². The van der Waals surface area contributed by atoms with E-state index >= 15 is 0 Å². The van der Waals surface area contributed by atoms with E-state index < -0.39 is 17.5 Å². The highest BCUT2D eigenvalue weighted by atomic mass is 79.9. The van der Waals surface area contributed by atoms with Crippen LogP contribution in [0.1, 0.15) is 31.1 Å². The zero-order valence-electron chi connectivity index (χ0n) is 9.92. The smallest absolute Gasteiger partial charge is 0.251 e. The van der Waals surface area contributed by atoms with Crippen LogP contribution in [0.15, 0.2) is 22.7 Å². The lowest BCUT2D eigenvalue weighted by Gasteiger charge is -2.29. The predicted molar refractivity (Wildman–Crippen MR) is 67.3 cm³/mol. The topological polar surface area (TPSA) is 49.3 Å². The predicted octanol–water partition coefficient (Wildman–Crippen LogP) is 2.48. The highest BCUT2D eigenvalue weighted by Crippen LogP contribution is 2.18. The van der Waals surface area contributed by atoms with Crippen LogP contribution in [0.3, 0.4) is 0 Å². The Morgan fingerprint density at radius 1 is 1.53 bits per heavy atom. The van der Waals surface area contributed by atoms with E-state index in [1.54, 1.807) is 20.8 Å². The minimum Gasteiger partial charge on any atom is -0.391 e. The lowest BCUT2D eigenvalue weighted by molar-refractivity contribution is 0.0709. The van der Waals surface area contributed by atoms with E-state index in [1.807, 2.05) is 0 Å². The van der Waals surface area contributed by atoms with Gasteiger partial charge in [-0.05, 0) is 54.9 Å². The summed E-state index contributed by atoms with van der Waals surface area (Å²) in [5, 5.41) is 12.2. The second-order valence-electron chi connectivity index (χ2n) is 4.48. The number of rotatable bonds is 3. The maximum absolute atomic E-state index is 13.0. The molecule has 1 aromatic carbocycles. The molecular weight excluding hydrogens is 289 g/mol. The van der Waals surface area contributed by atoms with Crippen molar-refractivity contribution in [3.8, 4) is 0 Å². The third-order valence-electron chi connectivity index (χ3n) is 2.66. The van der Waals surface area contributed by atoms with Crippen molar-refractivity contribution >= 4 is 21.8 Å². The molecule has 0 saturated carbocycles. The Morgan fingerprint density at radius 2 is 2.12 bits per heavy atom. The molecule has 0 radical (unpaired) electrons. The van der Waals surface area contributed by atoms with Gasteiger partial charge in [-0.25, -0.2) is 4.39 Å². The fourth-order valence-corrected chi connectivity index (χ4v) is 1.49. The van der Waals surface area contributed by atoms with Gasteiger partial charge < -0.3 is 10.4 Å². The SMILES string of the molecule is CC(O)C(C)(C)NC(=O)c1ccc(F)c(Br)c1. The summed E-state index contributed by atoms with van der Waals surface area (Å²) in [5.74, 6) is -0.770. The van der Waals surface area contributed by atoms with Gasteiger partial charge in [0.2, 0.25) is 0 Å². The second kappa shape index (κ2) is 5.14. The Labute approximate surface area is 108 Å². The molecule has 0 aromatic heterocycles. The molecule has 17 heavy (non-hydrogen) atoms. The summed E-state index contributed by atoms with van der Waals surface area (Å²) in [6, 6.07) is 4.02. The average Bonchev–Trinajstić information content (AvgIpc) is 2.21. The lowest BCUT2D eigenvalue weighted by atomic mass is 9.98. The zero-order chi connectivity index (χ0) is 13.2. The number of aliphatic hydroxyl groups excluding tert-OH is 1. The number of aliphatic hydroxyl groups is 1. The van der Waals surface area contributed by atoms with Crippen LogP contribution >= 0.6 is 15.9 Å². The number of hydrogen-bond donors (Lipinski definition) is 2. The summed E-state index contributed by atoms with van der Waals surface area (Å²) in [6.07, 6.45) is -0.685. The number of amides is 1. The Hall–Kier alpha value is -0.940. The molecule has 94 valence electrons. The van der Waals surface area contributed by atoms with Crippen molar-refractivity contribution in [2.24, 2.45) is 0 Å². The van der Waals surface area contributed by atoms with Gasteiger partial charge in [0.25, 0.3) is 5.91 Å². The zero-order valence-corrected chi connectivity index (χ0v) is 11.5. The molecule has 0 spiro atoms. The highest BCUT2D eigenvalue weighted by molar-refractivity contribution is 9.10. The molecule has 0 fully saturated rings. The minimum absolute atomic E-state index is 0.236. The average molecular weight is 304 g/mol. The Morgan fingerprint density at radius 3 is 2.59 bits per heavy atom. The third kappa shape index (κ3) is 3.51. The van der Waals surface area contributed by atoms with Crippen LogP contribution in [0.2, 0.25) is 0 Å². The molecule has 2 N–H and O–H groups in total. The number of benzene rings is 1. The first-order chi connectivity index (χ1) is 7.74. The molecule has 0 aliphatic rings. The van der Waals surface area contributed by atoms with E-state index in [-0.39, 0.29) is 10.4 Å². The molecule has 0 aliphatic heterocycles. The van der Waals surface area contributed by atoms with E-state index in [4.69, 9.17) is 0 Å². The molecule has 1 atom stereocenters. The highest BCUT2D eigenvalue weighted by Gasteiger charge is 2.26. The van der Waals surface area contributed by atoms with Gasteiger partial charge in [0, 0.05) is 5.56 Å². The first-order valence-corrected chi connectivity index (χ1v) is 5.99. The largest absolute Gasteiger partial charge is 0.391 e. The van der Waals surface area contributed by atoms with Gasteiger partial charge >= 0.3 is 0 Å². The van der Waals surface area contributed by atoms with Crippen molar-refractivity contribution in [3.63, 3.8) is 0 Å². The molecule has 3 nitrogen and oxygen atoms in total.